The van der Waals surface area contributed by atoms with Crippen molar-refractivity contribution >= 4 is 17.8 Å². The Morgan fingerprint density at radius 3 is 2.40 bits per heavy atom. The highest BCUT2D eigenvalue weighted by atomic mass is 16.6. The molecule has 2 aromatic rings. The monoisotopic (exact) mass is 267 g/mol. The first kappa shape index (κ1) is 14.0. The number of hydrogen-bond donors (Lipinski definition) is 0. The summed E-state index contributed by atoms with van der Waals surface area (Å²) in [6.07, 6.45) is 5.50. The minimum atomic E-state index is -0.301. The first-order valence-electron chi connectivity index (χ1n) is 6.71. The second kappa shape index (κ2) is 6.66. The summed E-state index contributed by atoms with van der Waals surface area (Å²) in [5.74, 6) is 0. The molecule has 20 heavy (non-hydrogen) atoms. The van der Waals surface area contributed by atoms with E-state index in [9.17, 15) is 10.1 Å². The Bertz CT molecular complexity index is 618. The summed E-state index contributed by atoms with van der Waals surface area (Å²) in [6.45, 7) is 2.02. The largest absolute Gasteiger partial charge is 0.273 e. The van der Waals surface area contributed by atoms with E-state index in [0.717, 1.165) is 29.5 Å². The molecule has 0 fully saturated rings. The van der Waals surface area contributed by atoms with Crippen molar-refractivity contribution < 1.29 is 4.92 Å². The van der Waals surface area contributed by atoms with Gasteiger partial charge in [0.1, 0.15) is 0 Å². The summed E-state index contributed by atoms with van der Waals surface area (Å²) in [6, 6.07) is 15.3. The van der Waals surface area contributed by atoms with Crippen LogP contribution in [-0.4, -0.2) is 4.92 Å². The quantitative estimate of drug-likeness (QED) is 0.447. The lowest BCUT2D eigenvalue weighted by atomic mass is 10.0. The molecule has 0 aliphatic heterocycles. The average Bonchev–Trinajstić information content (AvgIpc) is 2.47. The summed E-state index contributed by atoms with van der Waals surface area (Å²) < 4.78 is 0. The van der Waals surface area contributed by atoms with Gasteiger partial charge in [0, 0.05) is 11.6 Å². The summed E-state index contributed by atoms with van der Waals surface area (Å²) >= 11 is 0. The van der Waals surface area contributed by atoms with Gasteiger partial charge in [-0.05, 0) is 17.5 Å². The van der Waals surface area contributed by atoms with E-state index >= 15 is 0 Å². The SMILES string of the molecule is CCCc1ccc(/C=C/c2ccccc2)cc1[N+](=O)[O-]. The summed E-state index contributed by atoms with van der Waals surface area (Å²) in [4.78, 5) is 10.8. The highest BCUT2D eigenvalue weighted by Gasteiger charge is 2.12. The Balaban J connectivity index is 2.27. The molecule has 0 heterocycles. The molecular formula is C17H17NO2. The molecule has 0 N–H and O–H groups in total. The minimum absolute atomic E-state index is 0.210. The lowest BCUT2D eigenvalue weighted by Crippen LogP contribution is -1.95. The van der Waals surface area contributed by atoms with E-state index in [1.807, 2.05) is 61.5 Å². The van der Waals surface area contributed by atoms with Gasteiger partial charge < -0.3 is 0 Å². The molecule has 0 bridgehead atoms. The number of nitrogens with zero attached hydrogens (tertiary/aromatic N) is 1. The maximum absolute atomic E-state index is 11.1. The van der Waals surface area contributed by atoms with E-state index in [1.165, 1.54) is 0 Å². The van der Waals surface area contributed by atoms with Crippen LogP contribution in [0.5, 0.6) is 0 Å². The van der Waals surface area contributed by atoms with Crippen LogP contribution in [0.1, 0.15) is 30.0 Å². The van der Waals surface area contributed by atoms with Gasteiger partial charge in [0.05, 0.1) is 4.92 Å². The van der Waals surface area contributed by atoms with Crippen molar-refractivity contribution in [2.24, 2.45) is 0 Å². The van der Waals surface area contributed by atoms with E-state index in [4.69, 9.17) is 0 Å². The van der Waals surface area contributed by atoms with Gasteiger partial charge in [0.25, 0.3) is 5.69 Å². The molecule has 0 aliphatic carbocycles. The van der Waals surface area contributed by atoms with Crippen molar-refractivity contribution in [2.75, 3.05) is 0 Å². The Morgan fingerprint density at radius 2 is 1.75 bits per heavy atom. The number of benzene rings is 2. The van der Waals surface area contributed by atoms with Gasteiger partial charge in [-0.3, -0.25) is 10.1 Å². The molecule has 0 radical (unpaired) electrons. The topological polar surface area (TPSA) is 43.1 Å². The maximum Gasteiger partial charge on any atom is 0.273 e. The van der Waals surface area contributed by atoms with Crippen molar-refractivity contribution in [3.05, 3.63) is 75.3 Å². The fraction of sp³-hybridized carbons (Fsp3) is 0.176. The average molecular weight is 267 g/mol. The molecule has 0 aromatic heterocycles. The fourth-order valence-corrected chi connectivity index (χ4v) is 2.09. The van der Waals surface area contributed by atoms with Crippen molar-refractivity contribution in [1.29, 1.82) is 0 Å². The molecule has 0 atom stereocenters. The molecule has 102 valence electrons. The van der Waals surface area contributed by atoms with Crippen LogP contribution in [0.25, 0.3) is 12.2 Å². The highest BCUT2D eigenvalue weighted by molar-refractivity contribution is 5.71. The molecule has 0 unspecified atom stereocenters. The number of aryl methyl sites for hydroxylation is 1. The molecule has 2 rings (SSSR count). The van der Waals surface area contributed by atoms with E-state index < -0.39 is 0 Å². The zero-order valence-corrected chi connectivity index (χ0v) is 11.5. The van der Waals surface area contributed by atoms with Crippen LogP contribution in [0.4, 0.5) is 5.69 Å². The minimum Gasteiger partial charge on any atom is -0.258 e. The Labute approximate surface area is 118 Å². The number of nitro benzene ring substituents is 1. The predicted octanol–water partition coefficient (Wildman–Crippen LogP) is 4.72. The molecule has 0 aliphatic rings. The molecule has 0 spiro atoms. The van der Waals surface area contributed by atoms with Crippen LogP contribution >= 0.6 is 0 Å². The van der Waals surface area contributed by atoms with Crippen LogP contribution in [0.15, 0.2) is 48.5 Å². The Morgan fingerprint density at radius 1 is 1.05 bits per heavy atom. The van der Waals surface area contributed by atoms with Crippen LogP contribution in [-0.2, 0) is 6.42 Å². The van der Waals surface area contributed by atoms with Crippen LogP contribution in [0.3, 0.4) is 0 Å². The molecular weight excluding hydrogens is 250 g/mol. The van der Waals surface area contributed by atoms with Crippen molar-refractivity contribution in [1.82, 2.24) is 0 Å². The van der Waals surface area contributed by atoms with Crippen molar-refractivity contribution in [3.8, 4) is 0 Å². The van der Waals surface area contributed by atoms with Crippen LogP contribution in [0.2, 0.25) is 0 Å². The number of nitro groups is 1. The van der Waals surface area contributed by atoms with E-state index in [2.05, 4.69) is 0 Å². The second-order valence-electron chi connectivity index (χ2n) is 4.64. The Hall–Kier alpha value is -2.42. The second-order valence-corrected chi connectivity index (χ2v) is 4.64. The van der Waals surface area contributed by atoms with E-state index in [-0.39, 0.29) is 10.6 Å². The maximum atomic E-state index is 11.1. The molecule has 0 saturated carbocycles. The molecule has 0 amide bonds. The highest BCUT2D eigenvalue weighted by Crippen LogP contribution is 2.23. The first-order chi connectivity index (χ1) is 9.70. The van der Waals surface area contributed by atoms with Gasteiger partial charge in [0.15, 0.2) is 0 Å². The number of rotatable bonds is 5. The van der Waals surface area contributed by atoms with Gasteiger partial charge in [-0.15, -0.1) is 0 Å². The third-order valence-corrected chi connectivity index (χ3v) is 3.09. The van der Waals surface area contributed by atoms with Gasteiger partial charge in [-0.1, -0.05) is 68.0 Å². The van der Waals surface area contributed by atoms with Gasteiger partial charge >= 0.3 is 0 Å². The molecule has 2 aromatic carbocycles. The normalized spacial score (nSPS) is 10.8. The zero-order chi connectivity index (χ0) is 14.4. The number of hydrogen-bond acceptors (Lipinski definition) is 2. The lowest BCUT2D eigenvalue weighted by molar-refractivity contribution is -0.385. The van der Waals surface area contributed by atoms with Crippen molar-refractivity contribution in [2.45, 2.75) is 19.8 Å². The molecule has 3 nitrogen and oxygen atoms in total. The Kier molecular flexibility index (Phi) is 4.66. The molecule has 0 saturated heterocycles. The van der Waals surface area contributed by atoms with Gasteiger partial charge in [-0.25, -0.2) is 0 Å². The van der Waals surface area contributed by atoms with Gasteiger partial charge in [0.2, 0.25) is 0 Å². The lowest BCUT2D eigenvalue weighted by Gasteiger charge is -2.02. The smallest absolute Gasteiger partial charge is 0.258 e. The predicted molar refractivity (Wildman–Crippen MR) is 82.5 cm³/mol. The summed E-state index contributed by atoms with van der Waals surface area (Å²) in [5, 5.41) is 11.1. The molecule has 3 heteroatoms. The third-order valence-electron chi connectivity index (χ3n) is 3.09. The third kappa shape index (κ3) is 3.54. The summed E-state index contributed by atoms with van der Waals surface area (Å²) in [5.41, 5.74) is 2.93. The standard InChI is InChI=1S/C17H17NO2/c1-2-6-16-12-11-15(13-17(16)18(19)20)10-9-14-7-4-3-5-8-14/h3-5,7-13H,2,6H2,1H3/b10-9+. The van der Waals surface area contributed by atoms with E-state index in [1.54, 1.807) is 6.07 Å². The van der Waals surface area contributed by atoms with Gasteiger partial charge in [-0.2, -0.15) is 0 Å². The fourth-order valence-electron chi connectivity index (χ4n) is 2.09. The van der Waals surface area contributed by atoms with Crippen LogP contribution < -0.4 is 0 Å². The first-order valence-corrected chi connectivity index (χ1v) is 6.71. The van der Waals surface area contributed by atoms with Crippen molar-refractivity contribution in [3.63, 3.8) is 0 Å². The zero-order valence-electron chi connectivity index (χ0n) is 11.5. The van der Waals surface area contributed by atoms with E-state index in [0.29, 0.717) is 0 Å². The van der Waals surface area contributed by atoms with Crippen LogP contribution in [0, 0.1) is 10.1 Å². The summed E-state index contributed by atoms with van der Waals surface area (Å²) in [7, 11) is 0.